The fraction of sp³-hybridized carbons (Fsp3) is 0.222. The zero-order valence-corrected chi connectivity index (χ0v) is 7.18. The smallest absolute Gasteiger partial charge is 0.109 e. The highest BCUT2D eigenvalue weighted by atomic mass is 15.1. The number of aromatic amines is 2. The first-order chi connectivity index (χ1) is 5.77. The molecule has 0 aromatic carbocycles. The van der Waals surface area contributed by atoms with Crippen LogP contribution in [0.4, 0.5) is 0 Å². The van der Waals surface area contributed by atoms with Crippen LogP contribution >= 0.6 is 0 Å². The third-order valence-corrected chi connectivity index (χ3v) is 1.91. The molecule has 0 saturated carbocycles. The Morgan fingerprint density at radius 2 is 2.17 bits per heavy atom. The lowest BCUT2D eigenvalue weighted by atomic mass is 10.2. The van der Waals surface area contributed by atoms with Crippen molar-refractivity contribution in [2.45, 2.75) is 13.8 Å². The minimum atomic E-state index is 0.973. The summed E-state index contributed by atoms with van der Waals surface area (Å²) in [6, 6.07) is 4.07. The highest BCUT2D eigenvalue weighted by molar-refractivity contribution is 5.59. The van der Waals surface area contributed by atoms with Crippen molar-refractivity contribution in [3.8, 4) is 11.4 Å². The quantitative estimate of drug-likeness (QED) is 0.660. The second-order valence-electron chi connectivity index (χ2n) is 2.97. The van der Waals surface area contributed by atoms with Crippen LogP contribution in [0.25, 0.3) is 11.4 Å². The normalized spacial score (nSPS) is 10.5. The minimum Gasteiger partial charge on any atom is -0.357 e. The lowest BCUT2D eigenvalue weighted by molar-refractivity contribution is 1.08. The van der Waals surface area contributed by atoms with Crippen molar-refractivity contribution in [3.63, 3.8) is 0 Å². The molecule has 62 valence electrons. The molecule has 0 spiro atoms. The van der Waals surface area contributed by atoms with Gasteiger partial charge >= 0.3 is 0 Å². The van der Waals surface area contributed by atoms with Gasteiger partial charge in [-0.3, -0.25) is 5.10 Å². The molecule has 0 atom stereocenters. The Balaban J connectivity index is 2.54. The second-order valence-corrected chi connectivity index (χ2v) is 2.97. The maximum Gasteiger partial charge on any atom is 0.109 e. The molecule has 2 N–H and O–H groups in total. The fourth-order valence-electron chi connectivity index (χ4n) is 1.39. The topological polar surface area (TPSA) is 44.5 Å². The van der Waals surface area contributed by atoms with Crippen LogP contribution in [0.1, 0.15) is 11.3 Å². The number of hydrogen-bond donors (Lipinski definition) is 2. The van der Waals surface area contributed by atoms with E-state index in [1.165, 1.54) is 11.3 Å². The Kier molecular flexibility index (Phi) is 1.50. The van der Waals surface area contributed by atoms with E-state index in [2.05, 4.69) is 28.2 Å². The number of aryl methyl sites for hydroxylation is 2. The van der Waals surface area contributed by atoms with Crippen molar-refractivity contribution in [1.29, 1.82) is 0 Å². The van der Waals surface area contributed by atoms with E-state index in [1.807, 2.05) is 19.2 Å². The number of aromatic nitrogens is 3. The Morgan fingerprint density at radius 1 is 1.33 bits per heavy atom. The zero-order chi connectivity index (χ0) is 8.55. The van der Waals surface area contributed by atoms with Crippen molar-refractivity contribution in [1.82, 2.24) is 15.2 Å². The molecular weight excluding hydrogens is 150 g/mol. The highest BCUT2D eigenvalue weighted by Crippen LogP contribution is 2.19. The van der Waals surface area contributed by atoms with Gasteiger partial charge in [0, 0.05) is 11.9 Å². The number of nitrogens with zero attached hydrogens (tertiary/aromatic N) is 1. The first-order valence-corrected chi connectivity index (χ1v) is 3.94. The lowest BCUT2D eigenvalue weighted by Crippen LogP contribution is -1.80. The van der Waals surface area contributed by atoms with Crippen LogP contribution in [0, 0.1) is 13.8 Å². The Bertz CT molecular complexity index is 370. The van der Waals surface area contributed by atoms with Gasteiger partial charge in [0.05, 0.1) is 5.69 Å². The average Bonchev–Trinajstić information content (AvgIpc) is 2.58. The maximum absolute atomic E-state index is 4.10. The SMILES string of the molecule is Cc1cc(C)c(-c2cc[nH]n2)[nH]1. The first kappa shape index (κ1) is 7.16. The van der Waals surface area contributed by atoms with E-state index in [0.717, 1.165) is 11.4 Å². The summed E-state index contributed by atoms with van der Waals surface area (Å²) in [4.78, 5) is 3.26. The summed E-state index contributed by atoms with van der Waals surface area (Å²) in [5, 5.41) is 6.90. The number of nitrogens with one attached hydrogen (secondary N) is 2. The van der Waals surface area contributed by atoms with E-state index in [-0.39, 0.29) is 0 Å². The molecule has 0 aliphatic carbocycles. The Labute approximate surface area is 70.8 Å². The molecule has 2 heterocycles. The number of hydrogen-bond acceptors (Lipinski definition) is 1. The largest absolute Gasteiger partial charge is 0.357 e. The maximum atomic E-state index is 4.10. The summed E-state index contributed by atoms with van der Waals surface area (Å²) in [6.45, 7) is 4.12. The summed E-state index contributed by atoms with van der Waals surface area (Å²) < 4.78 is 0. The average molecular weight is 161 g/mol. The molecule has 0 unspecified atom stereocenters. The first-order valence-electron chi connectivity index (χ1n) is 3.94. The van der Waals surface area contributed by atoms with Crippen LogP contribution in [0.5, 0.6) is 0 Å². The van der Waals surface area contributed by atoms with Crippen molar-refractivity contribution >= 4 is 0 Å². The Hall–Kier alpha value is -1.51. The second kappa shape index (κ2) is 2.52. The van der Waals surface area contributed by atoms with Crippen LogP contribution in [0.3, 0.4) is 0 Å². The minimum absolute atomic E-state index is 0.973. The summed E-state index contributed by atoms with van der Waals surface area (Å²) in [6.07, 6.45) is 1.82. The monoisotopic (exact) mass is 161 g/mol. The Morgan fingerprint density at radius 3 is 2.67 bits per heavy atom. The van der Waals surface area contributed by atoms with Gasteiger partial charge in [-0.25, -0.2) is 0 Å². The van der Waals surface area contributed by atoms with E-state index in [9.17, 15) is 0 Å². The van der Waals surface area contributed by atoms with Crippen LogP contribution in [-0.2, 0) is 0 Å². The fourth-order valence-corrected chi connectivity index (χ4v) is 1.39. The third kappa shape index (κ3) is 1.03. The summed E-state index contributed by atoms with van der Waals surface area (Å²) in [5.41, 5.74) is 4.49. The summed E-state index contributed by atoms with van der Waals surface area (Å²) in [7, 11) is 0. The molecule has 3 heteroatoms. The van der Waals surface area contributed by atoms with Crippen LogP contribution in [0.15, 0.2) is 18.3 Å². The van der Waals surface area contributed by atoms with Gasteiger partial charge in [-0.05, 0) is 31.5 Å². The van der Waals surface area contributed by atoms with Crippen molar-refractivity contribution in [3.05, 3.63) is 29.6 Å². The molecule has 2 aromatic rings. The molecule has 0 aliphatic heterocycles. The van der Waals surface area contributed by atoms with Crippen LogP contribution < -0.4 is 0 Å². The summed E-state index contributed by atoms with van der Waals surface area (Å²) >= 11 is 0. The zero-order valence-electron chi connectivity index (χ0n) is 7.18. The van der Waals surface area contributed by atoms with Gasteiger partial charge in [-0.15, -0.1) is 0 Å². The standard InChI is InChI=1S/C9H11N3/c1-6-5-7(2)11-9(6)8-3-4-10-12-8/h3-5,11H,1-2H3,(H,10,12). The molecule has 0 bridgehead atoms. The van der Waals surface area contributed by atoms with Gasteiger partial charge in [-0.2, -0.15) is 5.10 Å². The molecule has 0 amide bonds. The van der Waals surface area contributed by atoms with Crippen molar-refractivity contribution in [2.24, 2.45) is 0 Å². The van der Waals surface area contributed by atoms with Gasteiger partial charge < -0.3 is 4.98 Å². The van der Waals surface area contributed by atoms with Gasteiger partial charge in [0.2, 0.25) is 0 Å². The van der Waals surface area contributed by atoms with E-state index >= 15 is 0 Å². The number of rotatable bonds is 1. The van der Waals surface area contributed by atoms with Gasteiger partial charge in [0.15, 0.2) is 0 Å². The van der Waals surface area contributed by atoms with Gasteiger partial charge in [-0.1, -0.05) is 0 Å². The van der Waals surface area contributed by atoms with Crippen LogP contribution in [-0.4, -0.2) is 15.2 Å². The molecular formula is C9H11N3. The predicted molar refractivity (Wildman–Crippen MR) is 47.8 cm³/mol. The third-order valence-electron chi connectivity index (χ3n) is 1.91. The van der Waals surface area contributed by atoms with E-state index in [4.69, 9.17) is 0 Å². The van der Waals surface area contributed by atoms with Gasteiger partial charge in [0.1, 0.15) is 5.69 Å². The van der Waals surface area contributed by atoms with E-state index in [0.29, 0.717) is 0 Å². The van der Waals surface area contributed by atoms with E-state index in [1.54, 1.807) is 0 Å². The molecule has 2 rings (SSSR count). The predicted octanol–water partition coefficient (Wildman–Crippen LogP) is 2.02. The molecule has 0 saturated heterocycles. The van der Waals surface area contributed by atoms with Crippen LogP contribution in [0.2, 0.25) is 0 Å². The molecule has 2 aromatic heterocycles. The molecule has 3 nitrogen and oxygen atoms in total. The van der Waals surface area contributed by atoms with E-state index < -0.39 is 0 Å². The molecule has 0 radical (unpaired) electrons. The van der Waals surface area contributed by atoms with Gasteiger partial charge in [0.25, 0.3) is 0 Å². The highest BCUT2D eigenvalue weighted by Gasteiger charge is 2.05. The van der Waals surface area contributed by atoms with Crippen molar-refractivity contribution < 1.29 is 0 Å². The lowest BCUT2D eigenvalue weighted by Gasteiger charge is -1.92. The number of H-pyrrole nitrogens is 2. The molecule has 0 fully saturated rings. The van der Waals surface area contributed by atoms with Crippen molar-refractivity contribution in [2.75, 3.05) is 0 Å². The molecule has 12 heavy (non-hydrogen) atoms. The molecule has 0 aliphatic rings. The summed E-state index contributed by atoms with van der Waals surface area (Å²) in [5.74, 6) is 0.